The average molecular weight is 439 g/mol. The Kier molecular flexibility index (Phi) is 6.93. The second-order valence-corrected chi connectivity index (χ2v) is 10.3. The van der Waals surface area contributed by atoms with Crippen molar-refractivity contribution in [1.82, 2.24) is 9.21 Å². The van der Waals surface area contributed by atoms with Gasteiger partial charge in [0, 0.05) is 18.0 Å². The number of carbonyl (C=O) groups excluding carboxylic acids is 1. The third-order valence-electron chi connectivity index (χ3n) is 4.73. The molecule has 1 fully saturated rings. The van der Waals surface area contributed by atoms with E-state index in [1.807, 2.05) is 6.07 Å². The highest BCUT2D eigenvalue weighted by Gasteiger charge is 2.39. The van der Waals surface area contributed by atoms with Crippen LogP contribution in [0.2, 0.25) is 4.34 Å². The Morgan fingerprint density at radius 3 is 2.64 bits per heavy atom. The van der Waals surface area contributed by atoms with E-state index in [9.17, 15) is 13.2 Å². The van der Waals surface area contributed by atoms with Gasteiger partial charge in [-0.25, -0.2) is 8.42 Å². The Morgan fingerprint density at radius 1 is 1.25 bits per heavy atom. The lowest BCUT2D eigenvalue weighted by atomic mass is 10.0. The van der Waals surface area contributed by atoms with E-state index >= 15 is 0 Å². The maximum atomic E-state index is 13.3. The maximum absolute atomic E-state index is 13.3. The lowest BCUT2D eigenvalue weighted by molar-refractivity contribution is -0.136. The largest absolute Gasteiger partial charge is 0.332 e. The van der Waals surface area contributed by atoms with E-state index in [4.69, 9.17) is 11.6 Å². The van der Waals surface area contributed by atoms with Crippen LogP contribution in [0.3, 0.4) is 0 Å². The molecule has 0 N–H and O–H groups in total. The summed E-state index contributed by atoms with van der Waals surface area (Å²) in [4.78, 5) is 16.2. The second kappa shape index (κ2) is 9.22. The number of hydrogen-bond acceptors (Lipinski definition) is 4. The molecule has 1 aromatic carbocycles. The molecule has 2 aromatic rings. The summed E-state index contributed by atoms with van der Waals surface area (Å²) in [5, 5.41) is 0. The van der Waals surface area contributed by atoms with Crippen molar-refractivity contribution in [2.24, 2.45) is 0 Å². The van der Waals surface area contributed by atoms with Crippen LogP contribution >= 0.6 is 22.9 Å². The third-order valence-corrected chi connectivity index (χ3v) is 7.86. The monoisotopic (exact) mass is 438 g/mol. The van der Waals surface area contributed by atoms with Gasteiger partial charge in [-0.3, -0.25) is 4.79 Å². The van der Waals surface area contributed by atoms with E-state index in [0.717, 1.165) is 17.7 Å². The van der Waals surface area contributed by atoms with Gasteiger partial charge < -0.3 is 4.90 Å². The third kappa shape index (κ3) is 4.66. The van der Waals surface area contributed by atoms with Crippen molar-refractivity contribution >= 4 is 38.9 Å². The number of hydrogen-bond donors (Lipinski definition) is 0. The summed E-state index contributed by atoms with van der Waals surface area (Å²) in [6, 6.07) is 11.3. The Labute approximate surface area is 175 Å². The minimum Gasteiger partial charge on any atom is -0.332 e. The first kappa shape index (κ1) is 21.0. The lowest BCUT2D eigenvalue weighted by Gasteiger charge is -2.36. The van der Waals surface area contributed by atoms with Crippen molar-refractivity contribution in [2.45, 2.75) is 36.7 Å². The van der Waals surface area contributed by atoms with Crippen molar-refractivity contribution in [3.63, 3.8) is 0 Å². The van der Waals surface area contributed by atoms with Crippen LogP contribution in [0.25, 0.3) is 0 Å². The van der Waals surface area contributed by atoms with Gasteiger partial charge in [-0.05, 0) is 37.1 Å². The molecule has 0 saturated carbocycles. The van der Waals surface area contributed by atoms with Gasteiger partial charge >= 0.3 is 0 Å². The van der Waals surface area contributed by atoms with Crippen LogP contribution in [-0.4, -0.2) is 42.7 Å². The van der Waals surface area contributed by atoms with Gasteiger partial charge in [0.25, 0.3) is 0 Å². The number of sulfonamides is 1. The molecule has 0 bridgehead atoms. The Morgan fingerprint density at radius 2 is 2.00 bits per heavy atom. The molecule has 3 rings (SSSR count). The molecule has 8 heteroatoms. The Hall–Kier alpha value is -1.67. The molecule has 1 aliphatic rings. The standard InChI is InChI=1S/C20H23ClN2O3S2/c1-2-13-22(15-16-11-12-19(21)27-16)20(24)18-10-6-7-14-23(18)28(25,26)17-8-4-3-5-9-17/h2-5,8-9,11-12,18H,1,6-7,10,13-15H2. The van der Waals surface area contributed by atoms with E-state index in [0.29, 0.717) is 30.4 Å². The summed E-state index contributed by atoms with van der Waals surface area (Å²) in [5.41, 5.74) is 0. The van der Waals surface area contributed by atoms with Gasteiger partial charge in [0.05, 0.1) is 15.8 Å². The number of rotatable bonds is 7. The number of piperidine rings is 1. The topological polar surface area (TPSA) is 57.7 Å². The normalized spacial score (nSPS) is 18.0. The minimum atomic E-state index is -3.73. The highest BCUT2D eigenvalue weighted by Crippen LogP contribution is 2.28. The predicted octanol–water partition coefficient (Wildman–Crippen LogP) is 4.16. The maximum Gasteiger partial charge on any atom is 0.243 e. The van der Waals surface area contributed by atoms with Gasteiger partial charge in [-0.1, -0.05) is 42.3 Å². The fourth-order valence-corrected chi connectivity index (χ4v) is 6.17. The predicted molar refractivity (Wildman–Crippen MR) is 113 cm³/mol. The first-order chi connectivity index (χ1) is 13.4. The van der Waals surface area contributed by atoms with Gasteiger partial charge in [0.2, 0.25) is 15.9 Å². The molecule has 5 nitrogen and oxygen atoms in total. The van der Waals surface area contributed by atoms with Crippen LogP contribution in [0.15, 0.2) is 60.0 Å². The number of nitrogens with zero attached hydrogens (tertiary/aromatic N) is 2. The molecule has 0 spiro atoms. The van der Waals surface area contributed by atoms with Crippen LogP contribution in [0, 0.1) is 0 Å². The minimum absolute atomic E-state index is 0.191. The summed E-state index contributed by atoms with van der Waals surface area (Å²) in [5.74, 6) is -0.191. The van der Waals surface area contributed by atoms with Crippen LogP contribution in [0.1, 0.15) is 24.1 Å². The average Bonchev–Trinajstić information content (AvgIpc) is 3.12. The number of carbonyl (C=O) groups is 1. The van der Waals surface area contributed by atoms with Gasteiger partial charge in [-0.2, -0.15) is 4.31 Å². The molecule has 1 aliphatic heterocycles. The molecule has 0 aliphatic carbocycles. The zero-order chi connectivity index (χ0) is 20.1. The smallest absolute Gasteiger partial charge is 0.243 e. The quantitative estimate of drug-likeness (QED) is 0.610. The van der Waals surface area contributed by atoms with Crippen LogP contribution in [-0.2, 0) is 21.4 Å². The summed E-state index contributed by atoms with van der Waals surface area (Å²) in [7, 11) is -3.73. The number of amides is 1. The van der Waals surface area contributed by atoms with Gasteiger partial charge in [0.1, 0.15) is 6.04 Å². The van der Waals surface area contributed by atoms with Crippen LogP contribution < -0.4 is 0 Å². The molecule has 0 radical (unpaired) electrons. The van der Waals surface area contributed by atoms with E-state index in [1.165, 1.54) is 15.6 Å². The number of benzene rings is 1. The summed E-state index contributed by atoms with van der Waals surface area (Å²) in [6.07, 6.45) is 3.75. The SMILES string of the molecule is C=CCN(Cc1ccc(Cl)s1)C(=O)C1CCCCN1S(=O)(=O)c1ccccc1. The van der Waals surface area contributed by atoms with Crippen LogP contribution in [0.4, 0.5) is 0 Å². The second-order valence-electron chi connectivity index (χ2n) is 6.65. The molecule has 2 heterocycles. The molecule has 1 saturated heterocycles. The highest BCUT2D eigenvalue weighted by atomic mass is 35.5. The molecule has 1 unspecified atom stereocenters. The van der Waals surface area contributed by atoms with Gasteiger partial charge in [0.15, 0.2) is 0 Å². The van der Waals surface area contributed by atoms with E-state index in [2.05, 4.69) is 6.58 Å². The van der Waals surface area contributed by atoms with E-state index < -0.39 is 16.1 Å². The molecular weight excluding hydrogens is 416 g/mol. The molecule has 1 atom stereocenters. The van der Waals surface area contributed by atoms with Gasteiger partial charge in [-0.15, -0.1) is 17.9 Å². The first-order valence-corrected chi connectivity index (χ1v) is 11.8. The summed E-state index contributed by atoms with van der Waals surface area (Å²) >= 11 is 7.42. The molecule has 1 amide bonds. The van der Waals surface area contributed by atoms with E-state index in [1.54, 1.807) is 47.4 Å². The van der Waals surface area contributed by atoms with Crippen molar-refractivity contribution in [1.29, 1.82) is 0 Å². The summed E-state index contributed by atoms with van der Waals surface area (Å²) < 4.78 is 28.4. The highest BCUT2D eigenvalue weighted by molar-refractivity contribution is 7.89. The fourth-order valence-electron chi connectivity index (χ4n) is 3.39. The Balaban J connectivity index is 1.87. The number of thiophene rings is 1. The molecule has 1 aromatic heterocycles. The van der Waals surface area contributed by atoms with Crippen molar-refractivity contribution < 1.29 is 13.2 Å². The first-order valence-electron chi connectivity index (χ1n) is 9.14. The molecule has 28 heavy (non-hydrogen) atoms. The fraction of sp³-hybridized carbons (Fsp3) is 0.350. The van der Waals surface area contributed by atoms with Crippen molar-refractivity contribution in [2.75, 3.05) is 13.1 Å². The van der Waals surface area contributed by atoms with Crippen molar-refractivity contribution in [3.05, 3.63) is 64.3 Å². The zero-order valence-corrected chi connectivity index (χ0v) is 17.8. The number of halogens is 1. The zero-order valence-electron chi connectivity index (χ0n) is 15.5. The van der Waals surface area contributed by atoms with E-state index in [-0.39, 0.29) is 10.8 Å². The van der Waals surface area contributed by atoms with Crippen LogP contribution in [0.5, 0.6) is 0 Å². The summed E-state index contributed by atoms with van der Waals surface area (Å²) in [6.45, 7) is 4.83. The Bertz CT molecular complexity index is 928. The lowest BCUT2D eigenvalue weighted by Crippen LogP contribution is -2.52. The molecular formula is C20H23ClN2O3S2. The molecule has 150 valence electrons. The van der Waals surface area contributed by atoms with Crippen molar-refractivity contribution in [3.8, 4) is 0 Å².